The summed E-state index contributed by atoms with van der Waals surface area (Å²) in [6.07, 6.45) is 4.67. The van der Waals surface area contributed by atoms with Gasteiger partial charge >= 0.3 is 0 Å². The first kappa shape index (κ1) is 14.6. The molecule has 1 amide bonds. The summed E-state index contributed by atoms with van der Waals surface area (Å²) < 4.78 is 11.2. The number of carbonyl (C=O) groups excluding carboxylic acids is 1. The van der Waals surface area contributed by atoms with Gasteiger partial charge in [0, 0.05) is 34.9 Å². The van der Waals surface area contributed by atoms with Gasteiger partial charge in [-0.1, -0.05) is 19.8 Å². The van der Waals surface area contributed by atoms with Crippen LogP contribution in [-0.2, 0) is 15.6 Å². The fraction of sp³-hybridized carbons (Fsp3) is 0.917. The SMILES string of the molecule is CCS(=O)CCNC(C)C(=O)NC1CCCC1. The molecule has 0 aromatic rings. The van der Waals surface area contributed by atoms with Gasteiger partial charge in [-0.15, -0.1) is 0 Å². The predicted octanol–water partition coefficient (Wildman–Crippen LogP) is 0.792. The summed E-state index contributed by atoms with van der Waals surface area (Å²) >= 11 is 0. The Morgan fingerprint density at radius 2 is 2.06 bits per heavy atom. The van der Waals surface area contributed by atoms with E-state index in [0.717, 1.165) is 12.8 Å². The van der Waals surface area contributed by atoms with Gasteiger partial charge in [-0.05, 0) is 19.8 Å². The van der Waals surface area contributed by atoms with Gasteiger partial charge in [-0.25, -0.2) is 0 Å². The van der Waals surface area contributed by atoms with Crippen LogP contribution in [0.2, 0.25) is 0 Å². The van der Waals surface area contributed by atoms with Gasteiger partial charge in [0.1, 0.15) is 0 Å². The van der Waals surface area contributed by atoms with Crippen LogP contribution >= 0.6 is 0 Å². The van der Waals surface area contributed by atoms with E-state index >= 15 is 0 Å². The van der Waals surface area contributed by atoms with Crippen LogP contribution in [0.15, 0.2) is 0 Å². The summed E-state index contributed by atoms with van der Waals surface area (Å²) in [5.41, 5.74) is 0. The molecule has 5 heteroatoms. The fourth-order valence-corrected chi connectivity index (χ4v) is 2.66. The first-order valence-corrected chi connectivity index (χ1v) is 8.01. The van der Waals surface area contributed by atoms with E-state index in [0.29, 0.717) is 24.1 Å². The molecule has 0 radical (unpaired) electrons. The predicted molar refractivity (Wildman–Crippen MR) is 71.4 cm³/mol. The first-order valence-electron chi connectivity index (χ1n) is 6.52. The molecular weight excluding hydrogens is 236 g/mol. The average molecular weight is 260 g/mol. The molecule has 0 spiro atoms. The van der Waals surface area contributed by atoms with Crippen molar-refractivity contribution in [3.05, 3.63) is 0 Å². The maximum absolute atomic E-state index is 11.8. The fourth-order valence-electron chi connectivity index (χ4n) is 2.02. The van der Waals surface area contributed by atoms with Crippen molar-refractivity contribution in [1.82, 2.24) is 10.6 Å². The highest BCUT2D eigenvalue weighted by atomic mass is 32.2. The van der Waals surface area contributed by atoms with E-state index in [1.54, 1.807) is 0 Å². The Morgan fingerprint density at radius 3 is 2.65 bits per heavy atom. The molecule has 1 rings (SSSR count). The second-order valence-corrected chi connectivity index (χ2v) is 6.46. The average Bonchev–Trinajstić information content (AvgIpc) is 2.81. The molecular formula is C12H24N2O2S. The van der Waals surface area contributed by atoms with Crippen molar-refractivity contribution in [3.8, 4) is 0 Å². The maximum Gasteiger partial charge on any atom is 0.237 e. The quantitative estimate of drug-likeness (QED) is 0.711. The summed E-state index contributed by atoms with van der Waals surface area (Å²) in [6.45, 7) is 4.41. The largest absolute Gasteiger partial charge is 0.352 e. The molecule has 1 aliphatic rings. The summed E-state index contributed by atoms with van der Waals surface area (Å²) in [4.78, 5) is 11.8. The molecule has 1 saturated carbocycles. The highest BCUT2D eigenvalue weighted by Gasteiger charge is 2.20. The second-order valence-electron chi connectivity index (χ2n) is 4.60. The first-order chi connectivity index (χ1) is 8.13. The Labute approximate surface area is 106 Å². The number of carbonyl (C=O) groups is 1. The molecule has 2 N–H and O–H groups in total. The van der Waals surface area contributed by atoms with Gasteiger partial charge in [0.25, 0.3) is 0 Å². The number of hydrogen-bond acceptors (Lipinski definition) is 3. The molecule has 0 bridgehead atoms. The molecule has 17 heavy (non-hydrogen) atoms. The van der Waals surface area contributed by atoms with Gasteiger partial charge in [-0.3, -0.25) is 9.00 Å². The van der Waals surface area contributed by atoms with Crippen molar-refractivity contribution in [2.75, 3.05) is 18.1 Å². The van der Waals surface area contributed by atoms with Gasteiger partial charge in [0.15, 0.2) is 0 Å². The third-order valence-electron chi connectivity index (χ3n) is 3.20. The summed E-state index contributed by atoms with van der Waals surface area (Å²) in [5, 5.41) is 6.17. The summed E-state index contributed by atoms with van der Waals surface area (Å²) in [6, 6.07) is 0.181. The van der Waals surface area contributed by atoms with Crippen LogP contribution < -0.4 is 10.6 Å². The number of hydrogen-bond donors (Lipinski definition) is 2. The van der Waals surface area contributed by atoms with Gasteiger partial charge < -0.3 is 10.6 Å². The molecule has 0 aliphatic heterocycles. The molecule has 0 heterocycles. The lowest BCUT2D eigenvalue weighted by Gasteiger charge is -2.17. The second kappa shape index (κ2) is 7.82. The zero-order chi connectivity index (χ0) is 12.7. The van der Waals surface area contributed by atoms with E-state index in [-0.39, 0.29) is 11.9 Å². The Hall–Kier alpha value is -0.420. The van der Waals surface area contributed by atoms with Crippen LogP contribution in [0.5, 0.6) is 0 Å². The van der Waals surface area contributed by atoms with Crippen LogP contribution in [0.4, 0.5) is 0 Å². The van der Waals surface area contributed by atoms with Gasteiger partial charge in [0.05, 0.1) is 6.04 Å². The lowest BCUT2D eigenvalue weighted by molar-refractivity contribution is -0.123. The minimum absolute atomic E-state index is 0.0687. The molecule has 1 aliphatic carbocycles. The molecule has 0 aromatic carbocycles. The van der Waals surface area contributed by atoms with Crippen LogP contribution in [0.25, 0.3) is 0 Å². The van der Waals surface area contributed by atoms with Crippen molar-refractivity contribution < 1.29 is 9.00 Å². The van der Waals surface area contributed by atoms with Crippen molar-refractivity contribution >= 4 is 16.7 Å². The molecule has 2 unspecified atom stereocenters. The van der Waals surface area contributed by atoms with E-state index < -0.39 is 10.8 Å². The van der Waals surface area contributed by atoms with E-state index in [4.69, 9.17) is 0 Å². The summed E-state index contributed by atoms with van der Waals surface area (Å²) in [7, 11) is -0.755. The third-order valence-corrected chi connectivity index (χ3v) is 4.50. The zero-order valence-electron chi connectivity index (χ0n) is 10.8. The number of amides is 1. The van der Waals surface area contributed by atoms with Gasteiger partial charge in [-0.2, -0.15) is 0 Å². The lowest BCUT2D eigenvalue weighted by atomic mass is 10.2. The smallest absolute Gasteiger partial charge is 0.237 e. The minimum Gasteiger partial charge on any atom is -0.352 e. The van der Waals surface area contributed by atoms with Crippen molar-refractivity contribution in [2.45, 2.75) is 51.6 Å². The molecule has 2 atom stereocenters. The zero-order valence-corrected chi connectivity index (χ0v) is 11.6. The van der Waals surface area contributed by atoms with Crippen LogP contribution in [0, 0.1) is 0 Å². The molecule has 4 nitrogen and oxygen atoms in total. The van der Waals surface area contributed by atoms with E-state index in [2.05, 4.69) is 10.6 Å². The number of rotatable bonds is 7. The van der Waals surface area contributed by atoms with Gasteiger partial charge in [0.2, 0.25) is 5.91 Å². The topological polar surface area (TPSA) is 58.2 Å². The Bertz CT molecular complexity index is 265. The maximum atomic E-state index is 11.8. The van der Waals surface area contributed by atoms with E-state index in [1.165, 1.54) is 12.8 Å². The van der Waals surface area contributed by atoms with Crippen molar-refractivity contribution in [1.29, 1.82) is 0 Å². The lowest BCUT2D eigenvalue weighted by Crippen LogP contribution is -2.46. The molecule has 1 fully saturated rings. The standard InChI is InChI=1S/C12H24N2O2S/c1-3-17(16)9-8-13-10(2)12(15)14-11-6-4-5-7-11/h10-11,13H,3-9H2,1-2H3,(H,14,15). The highest BCUT2D eigenvalue weighted by Crippen LogP contribution is 2.17. The minimum atomic E-state index is -0.755. The highest BCUT2D eigenvalue weighted by molar-refractivity contribution is 7.84. The Morgan fingerprint density at radius 1 is 1.41 bits per heavy atom. The van der Waals surface area contributed by atoms with Crippen molar-refractivity contribution in [2.24, 2.45) is 0 Å². The number of nitrogens with one attached hydrogen (secondary N) is 2. The van der Waals surface area contributed by atoms with E-state index in [1.807, 2.05) is 13.8 Å². The monoisotopic (exact) mass is 260 g/mol. The van der Waals surface area contributed by atoms with Crippen molar-refractivity contribution in [3.63, 3.8) is 0 Å². The summed E-state index contributed by atoms with van der Waals surface area (Å²) in [5.74, 6) is 1.38. The van der Waals surface area contributed by atoms with Crippen LogP contribution in [0.3, 0.4) is 0 Å². The third kappa shape index (κ3) is 5.64. The van der Waals surface area contributed by atoms with Crippen LogP contribution in [0.1, 0.15) is 39.5 Å². The van der Waals surface area contributed by atoms with Crippen LogP contribution in [-0.4, -0.2) is 40.3 Å². The van der Waals surface area contributed by atoms with E-state index in [9.17, 15) is 9.00 Å². The Balaban J connectivity index is 2.15. The Kier molecular flexibility index (Phi) is 6.73. The molecule has 0 saturated heterocycles. The molecule has 0 aromatic heterocycles. The normalized spacial score (nSPS) is 20.1. The molecule has 100 valence electrons.